The summed E-state index contributed by atoms with van der Waals surface area (Å²) in [7, 11) is 0. The summed E-state index contributed by atoms with van der Waals surface area (Å²) in [5.74, 6) is -0.861. The van der Waals surface area contributed by atoms with Crippen molar-refractivity contribution in [1.29, 1.82) is 0 Å². The predicted molar refractivity (Wildman–Crippen MR) is 72.3 cm³/mol. The average Bonchev–Trinajstić information content (AvgIpc) is 2.88. The molecule has 0 saturated heterocycles. The van der Waals surface area contributed by atoms with E-state index in [0.29, 0.717) is 19.5 Å². The van der Waals surface area contributed by atoms with E-state index in [9.17, 15) is 9.59 Å². The Bertz CT molecular complexity index is 608. The van der Waals surface area contributed by atoms with Crippen LogP contribution in [0.4, 0.5) is 4.79 Å². The van der Waals surface area contributed by atoms with Gasteiger partial charge in [-0.05, 0) is 24.1 Å². The lowest BCUT2D eigenvalue weighted by molar-refractivity contribution is -0.137. The summed E-state index contributed by atoms with van der Waals surface area (Å²) in [4.78, 5) is 26.0. The number of rotatable bonds is 6. The summed E-state index contributed by atoms with van der Waals surface area (Å²) in [6.45, 7) is 0.742. The molecule has 0 spiro atoms. The van der Waals surface area contributed by atoms with Gasteiger partial charge in [0.2, 0.25) is 0 Å². The molecule has 0 saturated carbocycles. The average molecular weight is 276 g/mol. The Morgan fingerprint density at radius 2 is 2.15 bits per heavy atom. The standard InChI is InChI=1S/C13H16N4O3/c18-12(19)2-1-4-15-13(20)16-9-10-3-6-17-7-5-14-11(17)8-10/h3,5-8H,1-2,4,9H2,(H,18,19)(H2,15,16,20). The molecule has 0 unspecified atom stereocenters. The first-order chi connectivity index (χ1) is 9.65. The molecule has 7 heteroatoms. The normalized spacial score (nSPS) is 10.4. The number of aromatic nitrogens is 2. The second-order valence-electron chi connectivity index (χ2n) is 4.33. The fraction of sp³-hybridized carbons (Fsp3) is 0.308. The van der Waals surface area contributed by atoms with E-state index in [2.05, 4.69) is 15.6 Å². The van der Waals surface area contributed by atoms with Gasteiger partial charge in [0.25, 0.3) is 0 Å². The number of carbonyl (C=O) groups is 2. The third-order valence-electron chi connectivity index (χ3n) is 2.77. The van der Waals surface area contributed by atoms with E-state index in [0.717, 1.165) is 11.2 Å². The first-order valence-electron chi connectivity index (χ1n) is 6.30. The third kappa shape index (κ3) is 3.98. The fourth-order valence-electron chi connectivity index (χ4n) is 1.75. The van der Waals surface area contributed by atoms with Crippen molar-refractivity contribution in [2.45, 2.75) is 19.4 Å². The minimum atomic E-state index is -0.861. The zero-order chi connectivity index (χ0) is 14.4. The third-order valence-corrected chi connectivity index (χ3v) is 2.77. The van der Waals surface area contributed by atoms with Crippen LogP contribution in [-0.2, 0) is 11.3 Å². The number of fused-ring (bicyclic) bond motifs is 1. The first-order valence-corrected chi connectivity index (χ1v) is 6.30. The summed E-state index contributed by atoms with van der Waals surface area (Å²) < 4.78 is 1.88. The van der Waals surface area contributed by atoms with Gasteiger partial charge in [0.05, 0.1) is 0 Å². The van der Waals surface area contributed by atoms with Crippen molar-refractivity contribution in [1.82, 2.24) is 20.0 Å². The molecule has 0 bridgehead atoms. The zero-order valence-electron chi connectivity index (χ0n) is 10.9. The Morgan fingerprint density at radius 3 is 2.95 bits per heavy atom. The summed E-state index contributed by atoms with van der Waals surface area (Å²) in [6, 6.07) is 3.49. The van der Waals surface area contributed by atoms with E-state index in [4.69, 9.17) is 5.11 Å². The van der Waals surface area contributed by atoms with Crippen molar-refractivity contribution in [2.24, 2.45) is 0 Å². The number of urea groups is 1. The van der Waals surface area contributed by atoms with Gasteiger partial charge >= 0.3 is 12.0 Å². The fourth-order valence-corrected chi connectivity index (χ4v) is 1.75. The van der Waals surface area contributed by atoms with Crippen LogP contribution in [0.5, 0.6) is 0 Å². The van der Waals surface area contributed by atoms with E-state index >= 15 is 0 Å². The molecule has 2 heterocycles. The highest BCUT2D eigenvalue weighted by Gasteiger charge is 2.02. The number of nitrogens with zero attached hydrogens (tertiary/aromatic N) is 2. The highest BCUT2D eigenvalue weighted by molar-refractivity contribution is 5.74. The largest absolute Gasteiger partial charge is 0.481 e. The van der Waals surface area contributed by atoms with Crippen molar-refractivity contribution in [3.8, 4) is 0 Å². The van der Waals surface area contributed by atoms with Crippen LogP contribution in [0.15, 0.2) is 30.7 Å². The molecular formula is C13H16N4O3. The number of aliphatic carboxylic acids is 1. The number of carboxylic acid groups (broad SMARTS) is 1. The Morgan fingerprint density at radius 1 is 1.30 bits per heavy atom. The maximum absolute atomic E-state index is 11.5. The summed E-state index contributed by atoms with van der Waals surface area (Å²) in [5.41, 5.74) is 1.77. The number of imidazole rings is 1. The monoisotopic (exact) mass is 276 g/mol. The molecule has 0 fully saturated rings. The van der Waals surface area contributed by atoms with E-state index < -0.39 is 5.97 Å². The van der Waals surface area contributed by atoms with E-state index in [1.54, 1.807) is 6.20 Å². The van der Waals surface area contributed by atoms with Crippen LogP contribution in [-0.4, -0.2) is 33.0 Å². The molecule has 106 valence electrons. The first kappa shape index (κ1) is 13.9. The lowest BCUT2D eigenvalue weighted by Gasteiger charge is -2.07. The van der Waals surface area contributed by atoms with Crippen LogP contribution < -0.4 is 10.6 Å². The highest BCUT2D eigenvalue weighted by atomic mass is 16.4. The maximum Gasteiger partial charge on any atom is 0.315 e. The van der Waals surface area contributed by atoms with Crippen molar-refractivity contribution in [2.75, 3.05) is 6.54 Å². The molecule has 2 aromatic heterocycles. The number of amides is 2. The molecule has 0 aliphatic rings. The summed E-state index contributed by atoms with van der Waals surface area (Å²) in [5, 5.41) is 13.8. The minimum Gasteiger partial charge on any atom is -0.481 e. The van der Waals surface area contributed by atoms with Crippen LogP contribution in [0.2, 0.25) is 0 Å². The lowest BCUT2D eigenvalue weighted by Crippen LogP contribution is -2.35. The second kappa shape index (κ2) is 6.55. The van der Waals surface area contributed by atoms with Gasteiger partial charge in [-0.1, -0.05) is 0 Å². The molecule has 0 aliphatic carbocycles. The van der Waals surface area contributed by atoms with Crippen LogP contribution >= 0.6 is 0 Å². The smallest absolute Gasteiger partial charge is 0.315 e. The summed E-state index contributed by atoms with van der Waals surface area (Å²) >= 11 is 0. The number of carbonyl (C=O) groups excluding carboxylic acids is 1. The topological polar surface area (TPSA) is 95.7 Å². The Hall–Kier alpha value is -2.57. The van der Waals surface area contributed by atoms with E-state index in [1.807, 2.05) is 28.9 Å². The molecule has 2 rings (SSSR count). The quantitative estimate of drug-likeness (QED) is 0.686. The van der Waals surface area contributed by atoms with E-state index in [1.165, 1.54) is 0 Å². The Balaban J connectivity index is 1.73. The van der Waals surface area contributed by atoms with Gasteiger partial charge in [-0.15, -0.1) is 0 Å². The van der Waals surface area contributed by atoms with Crippen molar-refractivity contribution in [3.05, 3.63) is 36.3 Å². The molecule has 0 aliphatic heterocycles. The number of nitrogens with one attached hydrogen (secondary N) is 2. The van der Waals surface area contributed by atoms with Gasteiger partial charge in [-0.2, -0.15) is 0 Å². The Labute approximate surface area is 115 Å². The molecule has 3 N–H and O–H groups in total. The van der Waals surface area contributed by atoms with Crippen LogP contribution in [0.1, 0.15) is 18.4 Å². The SMILES string of the molecule is O=C(O)CCCNC(=O)NCc1ccn2ccnc2c1. The highest BCUT2D eigenvalue weighted by Crippen LogP contribution is 2.04. The number of hydrogen-bond acceptors (Lipinski definition) is 3. The van der Waals surface area contributed by atoms with Crippen LogP contribution in [0.25, 0.3) is 5.65 Å². The maximum atomic E-state index is 11.5. The van der Waals surface area contributed by atoms with Gasteiger partial charge in [0.15, 0.2) is 0 Å². The molecule has 2 aromatic rings. The van der Waals surface area contributed by atoms with Gasteiger partial charge in [0.1, 0.15) is 5.65 Å². The summed E-state index contributed by atoms with van der Waals surface area (Å²) in [6.07, 6.45) is 5.91. The van der Waals surface area contributed by atoms with Gasteiger partial charge < -0.3 is 20.1 Å². The molecule has 0 radical (unpaired) electrons. The molecule has 0 atom stereocenters. The minimum absolute atomic E-state index is 0.0524. The van der Waals surface area contributed by atoms with Crippen LogP contribution in [0, 0.1) is 0 Å². The Kier molecular flexibility index (Phi) is 4.54. The van der Waals surface area contributed by atoms with Gasteiger partial charge in [0, 0.05) is 38.1 Å². The lowest BCUT2D eigenvalue weighted by atomic mass is 10.2. The number of hydrogen-bond donors (Lipinski definition) is 3. The molecule has 7 nitrogen and oxygen atoms in total. The van der Waals surface area contributed by atoms with Gasteiger partial charge in [-0.3, -0.25) is 4.79 Å². The second-order valence-corrected chi connectivity index (χ2v) is 4.33. The zero-order valence-corrected chi connectivity index (χ0v) is 10.9. The van der Waals surface area contributed by atoms with Gasteiger partial charge in [-0.25, -0.2) is 9.78 Å². The number of carboxylic acids is 1. The number of pyridine rings is 1. The van der Waals surface area contributed by atoms with E-state index in [-0.39, 0.29) is 12.5 Å². The molecule has 2 amide bonds. The molecule has 20 heavy (non-hydrogen) atoms. The van der Waals surface area contributed by atoms with Crippen molar-refractivity contribution >= 4 is 17.6 Å². The predicted octanol–water partition coefficient (Wildman–Crippen LogP) is 0.998. The van der Waals surface area contributed by atoms with Crippen LogP contribution in [0.3, 0.4) is 0 Å². The molecule has 0 aromatic carbocycles. The van der Waals surface area contributed by atoms with Crippen molar-refractivity contribution < 1.29 is 14.7 Å². The molecular weight excluding hydrogens is 260 g/mol. The van der Waals surface area contributed by atoms with Crippen molar-refractivity contribution in [3.63, 3.8) is 0 Å².